The summed E-state index contributed by atoms with van der Waals surface area (Å²) in [5.41, 5.74) is 7.59. The van der Waals surface area contributed by atoms with E-state index in [1.165, 1.54) is 11.3 Å². The highest BCUT2D eigenvalue weighted by Crippen LogP contribution is 2.29. The molecule has 94 valence electrons. The Kier molecular flexibility index (Phi) is 3.62. The number of carboxylic acids is 1. The Hall–Kier alpha value is -1.88. The Morgan fingerprint density at radius 3 is 2.89 bits per heavy atom. The molecule has 0 unspecified atom stereocenters. The van der Waals surface area contributed by atoms with Gasteiger partial charge in [-0.3, -0.25) is 0 Å². The second-order valence-electron chi connectivity index (χ2n) is 3.97. The zero-order valence-electron chi connectivity index (χ0n) is 10.0. The van der Waals surface area contributed by atoms with Crippen LogP contribution in [0.15, 0.2) is 24.3 Å². The molecule has 0 aliphatic heterocycles. The number of hydrogen-bond donors (Lipinski definition) is 2. The fourth-order valence-corrected chi connectivity index (χ4v) is 2.74. The maximum atomic E-state index is 11.2. The minimum atomic E-state index is -0.938. The van der Waals surface area contributed by atoms with Gasteiger partial charge in [0.05, 0.1) is 10.7 Å². The summed E-state index contributed by atoms with van der Waals surface area (Å²) in [5, 5.41) is 10.1. The van der Waals surface area contributed by atoms with E-state index < -0.39 is 5.97 Å². The van der Waals surface area contributed by atoms with Crippen LogP contribution in [-0.2, 0) is 6.42 Å². The van der Waals surface area contributed by atoms with E-state index in [0.29, 0.717) is 11.4 Å². The highest BCUT2D eigenvalue weighted by atomic mass is 32.1. The standard InChI is InChI=1S/C13H14N2O2S/c1-2-4-10-15-11(12(18-10)13(16)17)8-5-3-6-9(14)7-8/h3,5-7H,2,4,14H2,1H3,(H,16,17). The zero-order valence-corrected chi connectivity index (χ0v) is 10.8. The van der Waals surface area contributed by atoms with Crippen molar-refractivity contribution in [1.82, 2.24) is 4.98 Å². The van der Waals surface area contributed by atoms with E-state index in [1.54, 1.807) is 18.2 Å². The van der Waals surface area contributed by atoms with Crippen molar-refractivity contribution >= 4 is 23.0 Å². The maximum absolute atomic E-state index is 11.2. The van der Waals surface area contributed by atoms with Crippen molar-refractivity contribution in [3.8, 4) is 11.3 Å². The van der Waals surface area contributed by atoms with Gasteiger partial charge in [0.15, 0.2) is 0 Å². The number of aryl methyl sites for hydroxylation is 1. The molecular weight excluding hydrogens is 248 g/mol. The summed E-state index contributed by atoms with van der Waals surface area (Å²) >= 11 is 1.24. The lowest BCUT2D eigenvalue weighted by Gasteiger charge is -2.00. The minimum absolute atomic E-state index is 0.282. The molecule has 5 heteroatoms. The number of carbonyl (C=O) groups is 1. The maximum Gasteiger partial charge on any atom is 0.348 e. The molecule has 0 saturated carbocycles. The molecule has 0 fully saturated rings. The molecule has 4 nitrogen and oxygen atoms in total. The van der Waals surface area contributed by atoms with Crippen LogP contribution in [0.5, 0.6) is 0 Å². The lowest BCUT2D eigenvalue weighted by atomic mass is 10.1. The molecule has 1 heterocycles. The molecule has 3 N–H and O–H groups in total. The van der Waals surface area contributed by atoms with Gasteiger partial charge in [-0.2, -0.15) is 0 Å². The first kappa shape index (κ1) is 12.6. The molecule has 0 aliphatic carbocycles. The smallest absolute Gasteiger partial charge is 0.348 e. The van der Waals surface area contributed by atoms with Gasteiger partial charge in [-0.25, -0.2) is 9.78 Å². The van der Waals surface area contributed by atoms with Crippen LogP contribution < -0.4 is 5.73 Å². The number of aromatic nitrogens is 1. The van der Waals surface area contributed by atoms with Gasteiger partial charge in [0, 0.05) is 11.3 Å². The zero-order chi connectivity index (χ0) is 13.1. The fraction of sp³-hybridized carbons (Fsp3) is 0.231. The van der Waals surface area contributed by atoms with Gasteiger partial charge in [0.25, 0.3) is 0 Å². The molecule has 0 amide bonds. The Morgan fingerprint density at radius 1 is 1.50 bits per heavy atom. The molecule has 0 bridgehead atoms. The van der Waals surface area contributed by atoms with Gasteiger partial charge in [-0.1, -0.05) is 19.1 Å². The topological polar surface area (TPSA) is 76.2 Å². The number of anilines is 1. The van der Waals surface area contributed by atoms with E-state index in [9.17, 15) is 9.90 Å². The van der Waals surface area contributed by atoms with Crippen molar-refractivity contribution in [2.24, 2.45) is 0 Å². The average Bonchev–Trinajstić information content (AvgIpc) is 2.74. The van der Waals surface area contributed by atoms with Crippen molar-refractivity contribution in [2.75, 3.05) is 5.73 Å². The first-order chi connectivity index (χ1) is 8.61. The molecule has 1 aromatic heterocycles. The lowest BCUT2D eigenvalue weighted by molar-refractivity contribution is 0.0702. The summed E-state index contributed by atoms with van der Waals surface area (Å²) in [7, 11) is 0. The van der Waals surface area contributed by atoms with Crippen LogP contribution >= 0.6 is 11.3 Å². The molecule has 1 aromatic carbocycles. The second-order valence-corrected chi connectivity index (χ2v) is 5.05. The van der Waals surface area contributed by atoms with Crippen LogP contribution in [0.25, 0.3) is 11.3 Å². The highest BCUT2D eigenvalue weighted by molar-refractivity contribution is 7.14. The molecule has 2 aromatic rings. The van der Waals surface area contributed by atoms with E-state index in [4.69, 9.17) is 5.73 Å². The van der Waals surface area contributed by atoms with Crippen LogP contribution in [0.2, 0.25) is 0 Å². The van der Waals surface area contributed by atoms with Crippen molar-refractivity contribution in [3.63, 3.8) is 0 Å². The quantitative estimate of drug-likeness (QED) is 0.830. The predicted octanol–water partition coefficient (Wildman–Crippen LogP) is 3.04. The first-order valence-corrected chi connectivity index (χ1v) is 6.52. The van der Waals surface area contributed by atoms with E-state index in [0.717, 1.165) is 23.4 Å². The molecule has 0 aliphatic rings. The first-order valence-electron chi connectivity index (χ1n) is 5.70. The van der Waals surface area contributed by atoms with Gasteiger partial charge < -0.3 is 10.8 Å². The summed E-state index contributed by atoms with van der Waals surface area (Å²) < 4.78 is 0. The number of nitrogens with zero attached hydrogens (tertiary/aromatic N) is 1. The van der Waals surface area contributed by atoms with Gasteiger partial charge in [-0.15, -0.1) is 11.3 Å². The Balaban J connectivity index is 2.51. The van der Waals surface area contributed by atoms with Gasteiger partial charge in [0.2, 0.25) is 0 Å². The van der Waals surface area contributed by atoms with Crippen molar-refractivity contribution in [2.45, 2.75) is 19.8 Å². The summed E-state index contributed by atoms with van der Waals surface area (Å²) in [6.45, 7) is 2.04. The summed E-state index contributed by atoms with van der Waals surface area (Å²) in [5.74, 6) is -0.938. The molecule has 18 heavy (non-hydrogen) atoms. The number of hydrogen-bond acceptors (Lipinski definition) is 4. The average molecular weight is 262 g/mol. The third kappa shape index (κ3) is 2.51. The van der Waals surface area contributed by atoms with Crippen LogP contribution in [0.4, 0.5) is 5.69 Å². The highest BCUT2D eigenvalue weighted by Gasteiger charge is 2.18. The summed E-state index contributed by atoms with van der Waals surface area (Å²) in [4.78, 5) is 15.9. The third-order valence-electron chi connectivity index (χ3n) is 2.49. The Bertz CT molecular complexity index is 578. The minimum Gasteiger partial charge on any atom is -0.477 e. The van der Waals surface area contributed by atoms with Gasteiger partial charge >= 0.3 is 5.97 Å². The monoisotopic (exact) mass is 262 g/mol. The number of thiazole rings is 1. The number of benzene rings is 1. The number of nitrogens with two attached hydrogens (primary N) is 1. The Morgan fingerprint density at radius 2 is 2.28 bits per heavy atom. The predicted molar refractivity (Wildman–Crippen MR) is 72.9 cm³/mol. The number of aromatic carboxylic acids is 1. The van der Waals surface area contributed by atoms with Crippen LogP contribution in [0, 0.1) is 0 Å². The molecular formula is C13H14N2O2S. The summed E-state index contributed by atoms with van der Waals surface area (Å²) in [6, 6.07) is 7.14. The van der Waals surface area contributed by atoms with Crippen molar-refractivity contribution in [3.05, 3.63) is 34.2 Å². The van der Waals surface area contributed by atoms with Crippen LogP contribution in [0.3, 0.4) is 0 Å². The molecule has 0 saturated heterocycles. The molecule has 0 atom stereocenters. The largest absolute Gasteiger partial charge is 0.477 e. The van der Waals surface area contributed by atoms with Crippen LogP contribution in [0.1, 0.15) is 28.0 Å². The van der Waals surface area contributed by atoms with Crippen molar-refractivity contribution < 1.29 is 9.90 Å². The van der Waals surface area contributed by atoms with Crippen LogP contribution in [-0.4, -0.2) is 16.1 Å². The normalized spacial score (nSPS) is 10.5. The van der Waals surface area contributed by atoms with Crippen molar-refractivity contribution in [1.29, 1.82) is 0 Å². The van der Waals surface area contributed by atoms with E-state index in [-0.39, 0.29) is 4.88 Å². The fourth-order valence-electron chi connectivity index (χ4n) is 1.71. The molecule has 0 radical (unpaired) electrons. The molecule has 2 rings (SSSR count). The van der Waals surface area contributed by atoms with E-state index in [2.05, 4.69) is 4.98 Å². The van der Waals surface area contributed by atoms with E-state index in [1.807, 2.05) is 13.0 Å². The van der Waals surface area contributed by atoms with Gasteiger partial charge in [-0.05, 0) is 25.0 Å². The molecule has 0 spiro atoms. The SMILES string of the molecule is CCCc1nc(-c2cccc(N)c2)c(C(=O)O)s1. The number of rotatable bonds is 4. The lowest BCUT2D eigenvalue weighted by Crippen LogP contribution is -1.96. The third-order valence-corrected chi connectivity index (χ3v) is 3.59. The Labute approximate surface area is 109 Å². The number of carboxylic acid groups (broad SMARTS) is 1. The van der Waals surface area contributed by atoms with E-state index >= 15 is 0 Å². The number of nitrogen functional groups attached to an aromatic ring is 1. The second kappa shape index (κ2) is 5.18. The summed E-state index contributed by atoms with van der Waals surface area (Å²) in [6.07, 6.45) is 1.75. The van der Waals surface area contributed by atoms with Gasteiger partial charge in [0.1, 0.15) is 4.88 Å².